The molecular weight excluding hydrogens is 184 g/mol. The molecule has 0 fully saturated rings. The van der Waals surface area contributed by atoms with Gasteiger partial charge in [-0.05, 0) is 44.4 Å². The van der Waals surface area contributed by atoms with Crippen LogP contribution in [0.1, 0.15) is 31.9 Å². The maximum atomic E-state index is 5.68. The summed E-state index contributed by atoms with van der Waals surface area (Å²) in [5.74, 6) is 0. The van der Waals surface area contributed by atoms with Crippen molar-refractivity contribution in [2.24, 2.45) is 5.73 Å². The zero-order valence-electron chi connectivity index (χ0n) is 9.83. The van der Waals surface area contributed by atoms with Crippen LogP contribution in [0.15, 0.2) is 18.2 Å². The van der Waals surface area contributed by atoms with Crippen LogP contribution in [0.25, 0.3) is 0 Å². The Morgan fingerprint density at radius 2 is 2.20 bits per heavy atom. The molecule has 0 spiro atoms. The highest BCUT2D eigenvalue weighted by molar-refractivity contribution is 5.61. The summed E-state index contributed by atoms with van der Waals surface area (Å²) in [5.41, 5.74) is 9.77. The van der Waals surface area contributed by atoms with E-state index in [0.717, 1.165) is 0 Å². The van der Waals surface area contributed by atoms with Gasteiger partial charge >= 0.3 is 0 Å². The van der Waals surface area contributed by atoms with Crippen molar-refractivity contribution in [1.82, 2.24) is 0 Å². The first kappa shape index (κ1) is 10.5. The van der Waals surface area contributed by atoms with Gasteiger partial charge in [0.05, 0.1) is 0 Å². The molecule has 0 radical (unpaired) electrons. The molecule has 0 aliphatic carbocycles. The second kappa shape index (κ2) is 3.86. The van der Waals surface area contributed by atoms with Crippen LogP contribution < -0.4 is 10.6 Å². The molecule has 1 aliphatic rings. The zero-order valence-corrected chi connectivity index (χ0v) is 9.83. The summed E-state index contributed by atoms with van der Waals surface area (Å²) in [6, 6.07) is 7.81. The minimum absolute atomic E-state index is 0.564. The maximum absolute atomic E-state index is 5.68. The van der Waals surface area contributed by atoms with E-state index in [0.29, 0.717) is 18.6 Å². The second-order valence-corrected chi connectivity index (χ2v) is 4.72. The number of rotatable bonds is 2. The lowest BCUT2D eigenvalue weighted by molar-refractivity contribution is 0.605. The van der Waals surface area contributed by atoms with Crippen LogP contribution in [0.2, 0.25) is 0 Å². The average molecular weight is 204 g/mol. The normalized spacial score (nSPS) is 19.8. The Bertz CT molecular complexity index is 358. The van der Waals surface area contributed by atoms with Gasteiger partial charge in [0.2, 0.25) is 0 Å². The Hall–Kier alpha value is -1.02. The molecule has 2 nitrogen and oxygen atoms in total. The van der Waals surface area contributed by atoms with E-state index in [1.165, 1.54) is 23.2 Å². The number of hydrogen-bond donors (Lipinski definition) is 1. The molecule has 2 heteroatoms. The summed E-state index contributed by atoms with van der Waals surface area (Å²) in [7, 11) is 0. The van der Waals surface area contributed by atoms with Gasteiger partial charge in [0.25, 0.3) is 0 Å². The van der Waals surface area contributed by atoms with Gasteiger partial charge in [-0.25, -0.2) is 0 Å². The van der Waals surface area contributed by atoms with E-state index in [-0.39, 0.29) is 0 Å². The van der Waals surface area contributed by atoms with Crippen molar-refractivity contribution in [2.75, 3.05) is 4.90 Å². The highest BCUT2D eigenvalue weighted by Crippen LogP contribution is 2.34. The average Bonchev–Trinajstić information content (AvgIpc) is 2.52. The van der Waals surface area contributed by atoms with Crippen molar-refractivity contribution >= 4 is 5.69 Å². The van der Waals surface area contributed by atoms with E-state index in [1.807, 2.05) is 0 Å². The van der Waals surface area contributed by atoms with E-state index in [9.17, 15) is 0 Å². The predicted octanol–water partition coefficient (Wildman–Crippen LogP) is 2.30. The van der Waals surface area contributed by atoms with Gasteiger partial charge in [0, 0.05) is 24.3 Å². The third-order valence-electron chi connectivity index (χ3n) is 3.21. The molecule has 1 heterocycles. The van der Waals surface area contributed by atoms with Crippen LogP contribution in [0.4, 0.5) is 5.69 Å². The maximum Gasteiger partial charge on any atom is 0.0407 e. The lowest BCUT2D eigenvalue weighted by Crippen LogP contribution is -2.35. The number of nitrogens with two attached hydrogens (primary N) is 1. The van der Waals surface area contributed by atoms with Gasteiger partial charge in [0.15, 0.2) is 0 Å². The summed E-state index contributed by atoms with van der Waals surface area (Å²) in [4.78, 5) is 2.49. The minimum Gasteiger partial charge on any atom is -0.366 e. The first-order chi connectivity index (χ1) is 7.13. The minimum atomic E-state index is 0.564. The smallest absolute Gasteiger partial charge is 0.0407 e. The van der Waals surface area contributed by atoms with Gasteiger partial charge in [0.1, 0.15) is 0 Å². The molecule has 0 saturated heterocycles. The Morgan fingerprint density at radius 1 is 1.47 bits per heavy atom. The van der Waals surface area contributed by atoms with Crippen molar-refractivity contribution < 1.29 is 0 Å². The predicted molar refractivity (Wildman–Crippen MR) is 65.1 cm³/mol. The van der Waals surface area contributed by atoms with E-state index in [2.05, 4.69) is 43.9 Å². The topological polar surface area (TPSA) is 29.3 Å². The van der Waals surface area contributed by atoms with Crippen LogP contribution in [-0.4, -0.2) is 12.1 Å². The summed E-state index contributed by atoms with van der Waals surface area (Å²) in [5, 5.41) is 0. The number of hydrogen-bond acceptors (Lipinski definition) is 2. The van der Waals surface area contributed by atoms with Gasteiger partial charge in [-0.3, -0.25) is 0 Å². The molecule has 0 aromatic heterocycles. The molecule has 2 N–H and O–H groups in total. The molecular formula is C13H20N2. The van der Waals surface area contributed by atoms with E-state index in [4.69, 9.17) is 5.73 Å². The molecule has 1 aromatic rings. The van der Waals surface area contributed by atoms with E-state index < -0.39 is 0 Å². The van der Waals surface area contributed by atoms with Gasteiger partial charge in [-0.15, -0.1) is 0 Å². The SMILES string of the molecule is CC(C)N1c2cc(CN)ccc2CC1C. The van der Waals surface area contributed by atoms with Crippen molar-refractivity contribution in [3.05, 3.63) is 29.3 Å². The fourth-order valence-corrected chi connectivity index (χ4v) is 2.59. The summed E-state index contributed by atoms with van der Waals surface area (Å²) in [6.45, 7) is 7.43. The summed E-state index contributed by atoms with van der Waals surface area (Å²) in [6.07, 6.45) is 1.17. The lowest BCUT2D eigenvalue weighted by Gasteiger charge is -2.29. The Labute approximate surface area is 92.1 Å². The molecule has 0 amide bonds. The Kier molecular flexibility index (Phi) is 2.70. The molecule has 1 atom stereocenters. The van der Waals surface area contributed by atoms with Gasteiger partial charge in [-0.2, -0.15) is 0 Å². The molecule has 15 heavy (non-hydrogen) atoms. The van der Waals surface area contributed by atoms with Crippen molar-refractivity contribution in [2.45, 2.75) is 45.8 Å². The molecule has 1 unspecified atom stereocenters. The molecule has 1 aliphatic heterocycles. The van der Waals surface area contributed by atoms with Crippen molar-refractivity contribution in [1.29, 1.82) is 0 Å². The van der Waals surface area contributed by atoms with E-state index >= 15 is 0 Å². The molecule has 2 rings (SSSR count). The largest absolute Gasteiger partial charge is 0.366 e. The first-order valence-corrected chi connectivity index (χ1v) is 5.73. The molecule has 0 bridgehead atoms. The van der Waals surface area contributed by atoms with Crippen LogP contribution >= 0.6 is 0 Å². The van der Waals surface area contributed by atoms with Crippen LogP contribution in [0, 0.1) is 0 Å². The van der Waals surface area contributed by atoms with Crippen LogP contribution in [0.5, 0.6) is 0 Å². The monoisotopic (exact) mass is 204 g/mol. The third kappa shape index (κ3) is 1.74. The number of nitrogens with zero attached hydrogens (tertiary/aromatic N) is 1. The standard InChI is InChI=1S/C13H20N2/c1-9(2)15-10(3)6-12-5-4-11(8-14)7-13(12)15/h4-5,7,9-10H,6,8,14H2,1-3H3. The molecule has 0 saturated carbocycles. The number of fused-ring (bicyclic) bond motifs is 1. The number of anilines is 1. The summed E-state index contributed by atoms with van der Waals surface area (Å²) >= 11 is 0. The molecule has 1 aromatic carbocycles. The Morgan fingerprint density at radius 3 is 2.80 bits per heavy atom. The van der Waals surface area contributed by atoms with Crippen LogP contribution in [0.3, 0.4) is 0 Å². The van der Waals surface area contributed by atoms with Gasteiger partial charge in [-0.1, -0.05) is 12.1 Å². The zero-order chi connectivity index (χ0) is 11.0. The highest BCUT2D eigenvalue weighted by Gasteiger charge is 2.27. The summed E-state index contributed by atoms with van der Waals surface area (Å²) < 4.78 is 0. The third-order valence-corrected chi connectivity index (χ3v) is 3.21. The quantitative estimate of drug-likeness (QED) is 0.801. The fourth-order valence-electron chi connectivity index (χ4n) is 2.59. The number of benzene rings is 1. The van der Waals surface area contributed by atoms with E-state index in [1.54, 1.807) is 0 Å². The highest BCUT2D eigenvalue weighted by atomic mass is 15.2. The first-order valence-electron chi connectivity index (χ1n) is 5.73. The Balaban J connectivity index is 2.41. The lowest BCUT2D eigenvalue weighted by atomic mass is 10.1. The van der Waals surface area contributed by atoms with Crippen molar-refractivity contribution in [3.63, 3.8) is 0 Å². The van der Waals surface area contributed by atoms with Crippen LogP contribution in [-0.2, 0) is 13.0 Å². The second-order valence-electron chi connectivity index (χ2n) is 4.72. The van der Waals surface area contributed by atoms with Gasteiger partial charge < -0.3 is 10.6 Å². The fraction of sp³-hybridized carbons (Fsp3) is 0.538. The van der Waals surface area contributed by atoms with Crippen molar-refractivity contribution in [3.8, 4) is 0 Å². The molecule has 82 valence electrons.